The van der Waals surface area contributed by atoms with Crippen molar-refractivity contribution in [2.24, 2.45) is 0 Å². The van der Waals surface area contributed by atoms with Gasteiger partial charge < -0.3 is 10.1 Å². The van der Waals surface area contributed by atoms with E-state index in [0.29, 0.717) is 24.5 Å². The van der Waals surface area contributed by atoms with Crippen LogP contribution in [0.25, 0.3) is 5.69 Å². The van der Waals surface area contributed by atoms with Gasteiger partial charge in [0.15, 0.2) is 6.61 Å². The van der Waals surface area contributed by atoms with Gasteiger partial charge in [0.25, 0.3) is 5.91 Å². The second-order valence-electron chi connectivity index (χ2n) is 7.43. The predicted octanol–water partition coefficient (Wildman–Crippen LogP) is 2.24. The molecule has 1 aromatic heterocycles. The van der Waals surface area contributed by atoms with E-state index >= 15 is 0 Å². The third kappa shape index (κ3) is 5.29. The summed E-state index contributed by atoms with van der Waals surface area (Å²) in [5, 5.41) is 13.7. The number of benzene rings is 2. The van der Waals surface area contributed by atoms with Crippen LogP contribution in [0.3, 0.4) is 0 Å². The van der Waals surface area contributed by atoms with Crippen molar-refractivity contribution in [1.82, 2.24) is 24.5 Å². The molecule has 0 spiro atoms. The Balaban J connectivity index is 1.31. The number of hydrogen-bond acceptors (Lipinski definition) is 7. The van der Waals surface area contributed by atoms with E-state index in [1.807, 2.05) is 0 Å². The molecule has 3 aromatic rings. The molecule has 2 heterocycles. The van der Waals surface area contributed by atoms with Gasteiger partial charge in [0.2, 0.25) is 10.0 Å². The summed E-state index contributed by atoms with van der Waals surface area (Å²) >= 11 is 0. The molecule has 1 saturated heterocycles. The van der Waals surface area contributed by atoms with Crippen molar-refractivity contribution < 1.29 is 17.9 Å². The van der Waals surface area contributed by atoms with Crippen LogP contribution < -0.4 is 10.1 Å². The van der Waals surface area contributed by atoms with E-state index in [4.69, 9.17) is 4.74 Å². The van der Waals surface area contributed by atoms with Gasteiger partial charge in [-0.1, -0.05) is 12.8 Å². The molecular weight excluding hydrogens is 432 g/mol. The normalized spacial score (nSPS) is 15.1. The zero-order chi connectivity index (χ0) is 22.4. The van der Waals surface area contributed by atoms with Crippen LogP contribution in [-0.2, 0) is 14.8 Å². The number of tetrazole rings is 1. The molecule has 2 aromatic carbocycles. The standard InChI is InChI=1S/C21H24N6O4S/c28-21(15-31-19-9-7-18(8-10-19)27-16-22-24-25-27)23-17-5-11-20(12-6-17)32(29,30)26-13-3-1-2-4-14-26/h5-12,16H,1-4,13-15H2,(H,23,28). The van der Waals surface area contributed by atoms with Crippen LogP contribution in [-0.4, -0.2) is 58.5 Å². The molecule has 0 radical (unpaired) electrons. The Bertz CT molecular complexity index is 1120. The maximum atomic E-state index is 12.8. The van der Waals surface area contributed by atoms with Crippen molar-refractivity contribution >= 4 is 21.6 Å². The van der Waals surface area contributed by atoms with Crippen molar-refractivity contribution in [1.29, 1.82) is 0 Å². The van der Waals surface area contributed by atoms with Crippen molar-refractivity contribution in [3.05, 3.63) is 54.9 Å². The SMILES string of the molecule is O=C(COc1ccc(-n2cnnn2)cc1)Nc1ccc(S(=O)(=O)N2CCCCCC2)cc1. The fraction of sp³-hybridized carbons (Fsp3) is 0.333. The third-order valence-electron chi connectivity index (χ3n) is 5.16. The van der Waals surface area contributed by atoms with E-state index in [9.17, 15) is 13.2 Å². The molecular formula is C21H24N6O4S. The molecule has 10 nitrogen and oxygen atoms in total. The topological polar surface area (TPSA) is 119 Å². The maximum Gasteiger partial charge on any atom is 0.262 e. The molecule has 32 heavy (non-hydrogen) atoms. The van der Waals surface area contributed by atoms with Gasteiger partial charge in [-0.25, -0.2) is 13.1 Å². The average molecular weight is 457 g/mol. The number of nitrogens with one attached hydrogen (secondary N) is 1. The van der Waals surface area contributed by atoms with Gasteiger partial charge >= 0.3 is 0 Å². The Labute approximate surface area is 186 Å². The quantitative estimate of drug-likeness (QED) is 0.579. The Hall–Kier alpha value is -3.31. The van der Waals surface area contributed by atoms with Gasteiger partial charge in [-0.15, -0.1) is 5.10 Å². The van der Waals surface area contributed by atoms with Crippen LogP contribution in [0.1, 0.15) is 25.7 Å². The lowest BCUT2D eigenvalue weighted by Gasteiger charge is -2.20. The van der Waals surface area contributed by atoms with Crippen LogP contribution in [0.2, 0.25) is 0 Å². The average Bonchev–Trinajstić information content (AvgIpc) is 3.20. The predicted molar refractivity (Wildman–Crippen MR) is 117 cm³/mol. The summed E-state index contributed by atoms with van der Waals surface area (Å²) in [5.74, 6) is 0.175. The second-order valence-corrected chi connectivity index (χ2v) is 9.37. The lowest BCUT2D eigenvalue weighted by atomic mass is 10.2. The summed E-state index contributed by atoms with van der Waals surface area (Å²) in [6, 6.07) is 13.2. The minimum absolute atomic E-state index is 0.182. The van der Waals surface area contributed by atoms with E-state index in [-0.39, 0.29) is 17.4 Å². The molecule has 1 amide bonds. The van der Waals surface area contributed by atoms with Crippen LogP contribution in [0.5, 0.6) is 5.75 Å². The number of rotatable bonds is 7. The second kappa shape index (κ2) is 9.88. The molecule has 4 rings (SSSR count). The van der Waals surface area contributed by atoms with E-state index in [1.165, 1.54) is 23.1 Å². The number of hydrogen-bond donors (Lipinski definition) is 1. The molecule has 168 valence electrons. The van der Waals surface area contributed by atoms with Gasteiger partial charge in [-0.05, 0) is 71.8 Å². The van der Waals surface area contributed by atoms with E-state index in [0.717, 1.165) is 31.4 Å². The summed E-state index contributed by atoms with van der Waals surface area (Å²) in [7, 11) is -3.51. The highest BCUT2D eigenvalue weighted by Gasteiger charge is 2.25. The first-order valence-corrected chi connectivity index (χ1v) is 11.8. The van der Waals surface area contributed by atoms with Gasteiger partial charge in [-0.2, -0.15) is 4.31 Å². The molecule has 0 saturated carbocycles. The molecule has 1 aliphatic rings. The Kier molecular flexibility index (Phi) is 6.76. The molecule has 1 fully saturated rings. The summed E-state index contributed by atoms with van der Waals surface area (Å²) < 4.78 is 34.2. The number of sulfonamides is 1. The number of nitrogens with zero attached hydrogens (tertiary/aromatic N) is 5. The van der Waals surface area contributed by atoms with Gasteiger partial charge in [0.05, 0.1) is 10.6 Å². The van der Waals surface area contributed by atoms with E-state index in [2.05, 4.69) is 20.8 Å². The summed E-state index contributed by atoms with van der Waals surface area (Å²) in [6.45, 7) is 0.918. The van der Waals surface area contributed by atoms with Gasteiger partial charge in [0, 0.05) is 18.8 Å². The highest BCUT2D eigenvalue weighted by atomic mass is 32.2. The van der Waals surface area contributed by atoms with Gasteiger partial charge in [-0.3, -0.25) is 4.79 Å². The number of carbonyl (C=O) groups is 1. The molecule has 0 bridgehead atoms. The molecule has 1 aliphatic heterocycles. The molecule has 1 N–H and O–H groups in total. The van der Waals surface area contributed by atoms with Crippen molar-refractivity contribution in [3.63, 3.8) is 0 Å². The number of amides is 1. The first-order valence-electron chi connectivity index (χ1n) is 10.4. The summed E-state index contributed by atoms with van der Waals surface area (Å²) in [6.07, 6.45) is 5.36. The summed E-state index contributed by atoms with van der Waals surface area (Å²) in [4.78, 5) is 12.4. The lowest BCUT2D eigenvalue weighted by molar-refractivity contribution is -0.118. The van der Waals surface area contributed by atoms with Crippen LogP contribution in [0, 0.1) is 0 Å². The highest BCUT2D eigenvalue weighted by molar-refractivity contribution is 7.89. The van der Waals surface area contributed by atoms with Crippen LogP contribution in [0.15, 0.2) is 59.8 Å². The number of ether oxygens (including phenoxy) is 1. The third-order valence-corrected chi connectivity index (χ3v) is 7.07. The van der Waals surface area contributed by atoms with Crippen LogP contribution in [0.4, 0.5) is 5.69 Å². The zero-order valence-corrected chi connectivity index (χ0v) is 18.2. The van der Waals surface area contributed by atoms with E-state index < -0.39 is 10.0 Å². The van der Waals surface area contributed by atoms with Crippen LogP contribution >= 0.6 is 0 Å². The number of aromatic nitrogens is 4. The fourth-order valence-electron chi connectivity index (χ4n) is 3.46. The monoisotopic (exact) mass is 456 g/mol. The lowest BCUT2D eigenvalue weighted by Crippen LogP contribution is -2.31. The van der Waals surface area contributed by atoms with E-state index in [1.54, 1.807) is 40.7 Å². The molecule has 0 aliphatic carbocycles. The fourth-order valence-corrected chi connectivity index (χ4v) is 4.98. The largest absolute Gasteiger partial charge is 0.484 e. The number of carbonyl (C=O) groups excluding carboxylic acids is 1. The highest BCUT2D eigenvalue weighted by Crippen LogP contribution is 2.22. The Morgan fingerprint density at radius 3 is 2.28 bits per heavy atom. The maximum absolute atomic E-state index is 12.8. The van der Waals surface area contributed by atoms with Crippen molar-refractivity contribution in [3.8, 4) is 11.4 Å². The zero-order valence-electron chi connectivity index (χ0n) is 17.4. The van der Waals surface area contributed by atoms with Gasteiger partial charge in [0.1, 0.15) is 12.1 Å². The van der Waals surface area contributed by atoms with Crippen molar-refractivity contribution in [2.75, 3.05) is 25.0 Å². The number of anilines is 1. The minimum Gasteiger partial charge on any atom is -0.484 e. The van der Waals surface area contributed by atoms with Crippen molar-refractivity contribution in [2.45, 2.75) is 30.6 Å². The molecule has 0 atom stereocenters. The Morgan fingerprint density at radius 2 is 1.66 bits per heavy atom. The Morgan fingerprint density at radius 1 is 0.969 bits per heavy atom. The first kappa shape index (κ1) is 21.9. The molecule has 0 unspecified atom stereocenters. The first-order chi connectivity index (χ1) is 15.5. The minimum atomic E-state index is -3.51. The smallest absolute Gasteiger partial charge is 0.262 e. The summed E-state index contributed by atoms with van der Waals surface area (Å²) in [5.41, 5.74) is 1.27. The molecule has 11 heteroatoms.